The topological polar surface area (TPSA) is 0 Å². The van der Waals surface area contributed by atoms with Gasteiger partial charge in [0.25, 0.3) is 6.43 Å². The van der Waals surface area contributed by atoms with Crippen LogP contribution in [0, 0.1) is 17.8 Å². The van der Waals surface area contributed by atoms with Crippen molar-refractivity contribution in [2.45, 2.75) is 71.1 Å². The third-order valence-electron chi connectivity index (χ3n) is 6.52. The molecule has 0 N–H and O–H groups in total. The van der Waals surface area contributed by atoms with Crippen molar-refractivity contribution in [1.82, 2.24) is 0 Å². The Hall–Kier alpha value is -1.44. The van der Waals surface area contributed by atoms with Crippen LogP contribution in [0.4, 0.5) is 8.78 Å². The van der Waals surface area contributed by atoms with Gasteiger partial charge in [0.15, 0.2) is 0 Å². The molecule has 0 aliphatic heterocycles. The maximum atomic E-state index is 12.7. The van der Waals surface area contributed by atoms with E-state index in [0.717, 1.165) is 29.7 Å². The molecule has 0 saturated heterocycles. The molecule has 0 bridgehead atoms. The molecule has 2 aliphatic rings. The molecule has 0 spiro atoms. The van der Waals surface area contributed by atoms with Gasteiger partial charge in [-0.15, -0.1) is 0 Å². The van der Waals surface area contributed by atoms with Gasteiger partial charge in [-0.2, -0.15) is 0 Å². The second kappa shape index (κ2) is 9.48. The maximum absolute atomic E-state index is 12.7. The first kappa shape index (κ1) is 19.3. The van der Waals surface area contributed by atoms with Crippen LogP contribution >= 0.6 is 0 Å². The summed E-state index contributed by atoms with van der Waals surface area (Å²) in [6.45, 7) is 2.11. The number of hydrogen-bond donors (Lipinski definition) is 0. The van der Waals surface area contributed by atoms with Crippen LogP contribution in [0.1, 0.15) is 82.3 Å². The van der Waals surface area contributed by atoms with Crippen molar-refractivity contribution in [2.75, 3.05) is 0 Å². The molecular weight excluding hydrogens is 326 g/mol. The van der Waals surface area contributed by atoms with Crippen molar-refractivity contribution in [3.05, 3.63) is 53.6 Å². The van der Waals surface area contributed by atoms with Crippen LogP contribution in [0.25, 0.3) is 5.57 Å². The molecule has 1 saturated carbocycles. The number of halogens is 2. The minimum atomic E-state index is -2.37. The zero-order valence-corrected chi connectivity index (χ0v) is 16.0. The fourth-order valence-corrected chi connectivity index (χ4v) is 4.83. The fraction of sp³-hybridized carbons (Fsp3) is 0.583. The van der Waals surface area contributed by atoms with E-state index in [2.05, 4.69) is 25.2 Å². The minimum absolute atomic E-state index is 0.120. The average Bonchev–Trinajstić information content (AvgIpc) is 2.69. The van der Waals surface area contributed by atoms with E-state index in [-0.39, 0.29) is 5.56 Å². The molecule has 0 radical (unpaired) electrons. The molecule has 1 aromatic carbocycles. The summed E-state index contributed by atoms with van der Waals surface area (Å²) < 4.78 is 25.4. The van der Waals surface area contributed by atoms with Gasteiger partial charge in [0.1, 0.15) is 0 Å². The van der Waals surface area contributed by atoms with E-state index in [1.54, 1.807) is 12.1 Å². The van der Waals surface area contributed by atoms with E-state index < -0.39 is 6.43 Å². The van der Waals surface area contributed by atoms with Crippen LogP contribution < -0.4 is 0 Å². The predicted octanol–water partition coefficient (Wildman–Crippen LogP) is 7.97. The van der Waals surface area contributed by atoms with E-state index in [1.165, 1.54) is 56.9 Å². The Balaban J connectivity index is 1.49. The summed E-state index contributed by atoms with van der Waals surface area (Å²) in [7, 11) is 0. The Kier molecular flexibility index (Phi) is 7.05. The molecule has 3 rings (SSSR count). The zero-order chi connectivity index (χ0) is 18.4. The third kappa shape index (κ3) is 5.05. The Labute approximate surface area is 157 Å². The highest BCUT2D eigenvalue weighted by Gasteiger charge is 2.28. The molecule has 1 aromatic rings. The van der Waals surface area contributed by atoms with Gasteiger partial charge in [-0.05, 0) is 80.8 Å². The van der Waals surface area contributed by atoms with E-state index >= 15 is 0 Å². The van der Waals surface area contributed by atoms with E-state index in [1.807, 2.05) is 12.1 Å². The highest BCUT2D eigenvalue weighted by Crippen LogP contribution is 2.42. The lowest BCUT2D eigenvalue weighted by Crippen LogP contribution is -2.23. The lowest BCUT2D eigenvalue weighted by molar-refractivity contribution is 0.151. The van der Waals surface area contributed by atoms with Gasteiger partial charge in [0.2, 0.25) is 0 Å². The van der Waals surface area contributed by atoms with Crippen LogP contribution in [-0.2, 0) is 0 Å². The summed E-state index contributed by atoms with van der Waals surface area (Å²) in [5, 5.41) is 0. The van der Waals surface area contributed by atoms with Gasteiger partial charge in [0.05, 0.1) is 0 Å². The molecule has 2 aliphatic carbocycles. The van der Waals surface area contributed by atoms with Gasteiger partial charge in [-0.25, -0.2) is 8.78 Å². The molecule has 142 valence electrons. The Morgan fingerprint density at radius 3 is 2.31 bits per heavy atom. The van der Waals surface area contributed by atoms with Crippen molar-refractivity contribution < 1.29 is 8.78 Å². The molecule has 1 unspecified atom stereocenters. The quantitative estimate of drug-likeness (QED) is 0.452. The second-order valence-electron chi connectivity index (χ2n) is 8.11. The molecule has 0 amide bonds. The number of hydrogen-bond acceptors (Lipinski definition) is 0. The SMILES string of the molecule is C/C=C/CCC1CCC(C2CC=C(c3ccc(C(F)F)cc3)CC2)CC1. The maximum Gasteiger partial charge on any atom is 0.263 e. The fourth-order valence-electron chi connectivity index (χ4n) is 4.83. The minimum Gasteiger partial charge on any atom is -0.205 e. The first-order valence-electron chi connectivity index (χ1n) is 10.4. The lowest BCUT2D eigenvalue weighted by atomic mass is 9.70. The molecule has 1 atom stereocenters. The van der Waals surface area contributed by atoms with Crippen LogP contribution in [0.2, 0.25) is 0 Å². The van der Waals surface area contributed by atoms with Crippen LogP contribution in [0.3, 0.4) is 0 Å². The number of allylic oxidation sites excluding steroid dienone is 4. The Morgan fingerprint density at radius 2 is 1.73 bits per heavy atom. The van der Waals surface area contributed by atoms with Gasteiger partial charge < -0.3 is 0 Å². The van der Waals surface area contributed by atoms with Gasteiger partial charge in [-0.3, -0.25) is 0 Å². The highest BCUT2D eigenvalue weighted by molar-refractivity contribution is 5.66. The largest absolute Gasteiger partial charge is 0.263 e. The summed E-state index contributed by atoms with van der Waals surface area (Å²) in [6, 6.07) is 6.87. The Morgan fingerprint density at radius 1 is 1.00 bits per heavy atom. The van der Waals surface area contributed by atoms with Crippen molar-refractivity contribution in [3.63, 3.8) is 0 Å². The third-order valence-corrected chi connectivity index (χ3v) is 6.52. The van der Waals surface area contributed by atoms with Crippen molar-refractivity contribution >= 4 is 5.57 Å². The normalized spacial score (nSPS) is 27.1. The zero-order valence-electron chi connectivity index (χ0n) is 16.0. The summed E-state index contributed by atoms with van der Waals surface area (Å²) in [6.07, 6.45) is 16.2. The monoisotopic (exact) mass is 358 g/mol. The molecular formula is C24H32F2. The average molecular weight is 359 g/mol. The summed E-state index contributed by atoms with van der Waals surface area (Å²) in [5.41, 5.74) is 2.59. The standard InChI is InChI=1S/C24H32F2/c1-2-3-4-5-18-6-8-19(9-7-18)20-10-12-21(13-11-20)22-14-16-23(17-15-22)24(25)26/h2-3,12,14-20,24H,4-11,13H2,1H3/b3-2+. The summed E-state index contributed by atoms with van der Waals surface area (Å²) in [4.78, 5) is 0. The first-order chi connectivity index (χ1) is 12.7. The number of alkyl halides is 2. The molecule has 0 aromatic heterocycles. The lowest BCUT2D eigenvalue weighted by Gasteiger charge is -2.35. The van der Waals surface area contributed by atoms with E-state index in [9.17, 15) is 8.78 Å². The number of rotatable bonds is 6. The van der Waals surface area contributed by atoms with Crippen LogP contribution in [-0.4, -0.2) is 0 Å². The van der Waals surface area contributed by atoms with E-state index in [4.69, 9.17) is 0 Å². The van der Waals surface area contributed by atoms with Crippen LogP contribution in [0.15, 0.2) is 42.5 Å². The molecule has 0 heterocycles. The highest BCUT2D eigenvalue weighted by atomic mass is 19.3. The molecule has 2 heteroatoms. The van der Waals surface area contributed by atoms with Gasteiger partial charge >= 0.3 is 0 Å². The van der Waals surface area contributed by atoms with Gasteiger partial charge in [0, 0.05) is 5.56 Å². The van der Waals surface area contributed by atoms with Crippen LogP contribution in [0.5, 0.6) is 0 Å². The summed E-state index contributed by atoms with van der Waals surface area (Å²) in [5.74, 6) is 2.66. The summed E-state index contributed by atoms with van der Waals surface area (Å²) >= 11 is 0. The van der Waals surface area contributed by atoms with Crippen molar-refractivity contribution in [2.24, 2.45) is 17.8 Å². The van der Waals surface area contributed by atoms with Crippen molar-refractivity contribution in [1.29, 1.82) is 0 Å². The Bertz CT molecular complexity index is 604. The second-order valence-corrected chi connectivity index (χ2v) is 8.11. The van der Waals surface area contributed by atoms with E-state index in [0.29, 0.717) is 0 Å². The number of benzene rings is 1. The predicted molar refractivity (Wildman–Crippen MR) is 106 cm³/mol. The molecule has 0 nitrogen and oxygen atoms in total. The molecule has 1 fully saturated rings. The molecule has 26 heavy (non-hydrogen) atoms. The van der Waals surface area contributed by atoms with Gasteiger partial charge in [-0.1, -0.05) is 55.3 Å². The van der Waals surface area contributed by atoms with Crippen molar-refractivity contribution in [3.8, 4) is 0 Å². The first-order valence-corrected chi connectivity index (χ1v) is 10.4. The smallest absolute Gasteiger partial charge is 0.205 e.